The molecule has 2 aliphatic heterocycles. The highest BCUT2D eigenvalue weighted by Gasteiger charge is 2.32. The van der Waals surface area contributed by atoms with Gasteiger partial charge in [0.05, 0.1) is 17.9 Å². The molecule has 2 atom stereocenters. The zero-order valence-corrected chi connectivity index (χ0v) is 29.1. The molecule has 0 aliphatic carbocycles. The SMILES string of the molecule is CCC(C)c1nc2c(-c3ccc(C(C)(C)C)cc3)nn(NCc3ccccc3)c(C(C)CC)c-2c1-c1ccc(C(C)(C)C)cc1. The van der Waals surface area contributed by atoms with Crippen LogP contribution >= 0.6 is 0 Å². The number of benzene rings is 3. The van der Waals surface area contributed by atoms with Crippen LogP contribution in [-0.2, 0) is 17.4 Å². The Morgan fingerprint density at radius 1 is 0.644 bits per heavy atom. The average Bonchev–Trinajstić information content (AvgIpc) is 3.42. The van der Waals surface area contributed by atoms with Crippen molar-refractivity contribution < 1.29 is 0 Å². The zero-order valence-electron chi connectivity index (χ0n) is 29.1. The normalized spacial score (nSPS) is 13.6. The molecule has 2 unspecified atom stereocenters. The van der Waals surface area contributed by atoms with Gasteiger partial charge in [0.15, 0.2) is 0 Å². The van der Waals surface area contributed by atoms with Crippen molar-refractivity contribution in [1.29, 1.82) is 0 Å². The molecular weight excluding hydrogens is 548 g/mol. The standard InChI is InChI=1S/C41H52N4/c1-11-27(3)36-34(30-18-22-32(23-19-30)40(5,6)7)35-38(43-36)37(31-20-24-33(25-21-31)41(8,9)10)44-45(39(35)28(4)12-2)42-26-29-16-14-13-15-17-29/h13-25,27-28,42H,11-12,26H2,1-10H3. The van der Waals surface area contributed by atoms with Gasteiger partial charge in [0, 0.05) is 22.6 Å². The van der Waals surface area contributed by atoms with Crippen LogP contribution in [0.5, 0.6) is 0 Å². The molecule has 5 rings (SSSR count). The van der Waals surface area contributed by atoms with Crippen LogP contribution in [0.25, 0.3) is 33.6 Å². The average molecular weight is 601 g/mol. The number of nitrogens with zero attached hydrogens (tertiary/aromatic N) is 3. The number of hydrogen-bond acceptors (Lipinski definition) is 3. The fourth-order valence-electron chi connectivity index (χ4n) is 6.04. The number of hydrogen-bond donors (Lipinski definition) is 1. The summed E-state index contributed by atoms with van der Waals surface area (Å²) in [6.07, 6.45) is 2.01. The maximum atomic E-state index is 5.51. The first-order valence-corrected chi connectivity index (χ1v) is 16.8. The Hall–Kier alpha value is -3.92. The van der Waals surface area contributed by atoms with Crippen LogP contribution in [0.2, 0.25) is 0 Å². The summed E-state index contributed by atoms with van der Waals surface area (Å²) in [6, 6.07) is 28.7. The number of nitrogens with one attached hydrogen (secondary N) is 1. The van der Waals surface area contributed by atoms with E-state index in [1.165, 1.54) is 39.1 Å². The molecule has 2 heterocycles. The third-order valence-corrected chi connectivity index (χ3v) is 9.38. The van der Waals surface area contributed by atoms with E-state index in [2.05, 4.69) is 158 Å². The molecule has 4 nitrogen and oxygen atoms in total. The van der Waals surface area contributed by atoms with Gasteiger partial charge >= 0.3 is 0 Å². The van der Waals surface area contributed by atoms with Crippen molar-refractivity contribution in [2.24, 2.45) is 0 Å². The van der Waals surface area contributed by atoms with Gasteiger partial charge in [-0.25, -0.2) is 4.98 Å². The number of rotatable bonds is 9. The minimum atomic E-state index is 0.0769. The molecule has 3 aromatic rings. The number of fused-ring (bicyclic) bond motifs is 1. The van der Waals surface area contributed by atoms with E-state index in [9.17, 15) is 0 Å². The predicted octanol–water partition coefficient (Wildman–Crippen LogP) is 11.1. The van der Waals surface area contributed by atoms with Crippen molar-refractivity contribution >= 4 is 0 Å². The molecule has 45 heavy (non-hydrogen) atoms. The van der Waals surface area contributed by atoms with Crippen LogP contribution < -0.4 is 5.43 Å². The Bertz CT molecular complexity index is 1680. The second-order valence-corrected chi connectivity index (χ2v) is 14.8. The van der Waals surface area contributed by atoms with Crippen LogP contribution in [0.4, 0.5) is 0 Å². The van der Waals surface area contributed by atoms with Crippen LogP contribution in [0.15, 0.2) is 78.9 Å². The molecule has 0 spiro atoms. The van der Waals surface area contributed by atoms with Crippen LogP contribution in [0.3, 0.4) is 0 Å². The number of aromatic nitrogens is 3. The second-order valence-electron chi connectivity index (χ2n) is 14.8. The van der Waals surface area contributed by atoms with Gasteiger partial charge in [0.25, 0.3) is 0 Å². The molecule has 0 saturated heterocycles. The van der Waals surface area contributed by atoms with Gasteiger partial charge in [-0.2, -0.15) is 9.89 Å². The van der Waals surface area contributed by atoms with Gasteiger partial charge in [-0.3, -0.25) is 0 Å². The van der Waals surface area contributed by atoms with Gasteiger partial charge in [0.1, 0.15) is 11.4 Å². The lowest BCUT2D eigenvalue weighted by Gasteiger charge is -2.25. The summed E-state index contributed by atoms with van der Waals surface area (Å²) in [5.41, 5.74) is 16.8. The third-order valence-electron chi connectivity index (χ3n) is 9.38. The van der Waals surface area contributed by atoms with E-state index in [0.29, 0.717) is 12.5 Å². The molecule has 0 fully saturated rings. The van der Waals surface area contributed by atoms with E-state index in [0.717, 1.165) is 35.5 Å². The molecule has 1 N–H and O–H groups in total. The van der Waals surface area contributed by atoms with Gasteiger partial charge in [-0.1, -0.05) is 148 Å². The van der Waals surface area contributed by atoms with Crippen molar-refractivity contribution in [3.8, 4) is 33.6 Å². The van der Waals surface area contributed by atoms with E-state index in [1.54, 1.807) is 0 Å². The molecule has 4 heteroatoms. The van der Waals surface area contributed by atoms with Gasteiger partial charge in [-0.05, 0) is 51.8 Å². The van der Waals surface area contributed by atoms with Crippen LogP contribution in [-0.4, -0.2) is 14.9 Å². The predicted molar refractivity (Wildman–Crippen MR) is 192 cm³/mol. The van der Waals surface area contributed by atoms with Crippen molar-refractivity contribution in [1.82, 2.24) is 14.9 Å². The highest BCUT2D eigenvalue weighted by Crippen LogP contribution is 2.48. The Morgan fingerprint density at radius 3 is 1.69 bits per heavy atom. The van der Waals surface area contributed by atoms with E-state index in [4.69, 9.17) is 10.1 Å². The van der Waals surface area contributed by atoms with Crippen molar-refractivity contribution in [3.63, 3.8) is 0 Å². The van der Waals surface area contributed by atoms with E-state index < -0.39 is 0 Å². The molecule has 0 amide bonds. The summed E-state index contributed by atoms with van der Waals surface area (Å²) in [4.78, 5) is 7.59. The highest BCUT2D eigenvalue weighted by molar-refractivity contribution is 5.93. The van der Waals surface area contributed by atoms with E-state index >= 15 is 0 Å². The maximum Gasteiger partial charge on any atom is 0.119 e. The highest BCUT2D eigenvalue weighted by atomic mass is 15.6. The Kier molecular flexibility index (Phi) is 9.26. The molecule has 3 aromatic carbocycles. The third kappa shape index (κ3) is 6.71. The first-order chi connectivity index (χ1) is 21.3. The Labute approximate surface area is 271 Å². The molecule has 236 valence electrons. The molecule has 0 bridgehead atoms. The molecule has 0 saturated carbocycles. The lowest BCUT2D eigenvalue weighted by atomic mass is 9.84. The maximum absolute atomic E-state index is 5.51. The monoisotopic (exact) mass is 600 g/mol. The molecule has 0 aromatic heterocycles. The summed E-state index contributed by atoms with van der Waals surface area (Å²) in [6.45, 7) is 23.4. The summed E-state index contributed by atoms with van der Waals surface area (Å²) < 4.78 is 0. The van der Waals surface area contributed by atoms with Crippen LogP contribution in [0.1, 0.15) is 122 Å². The lowest BCUT2D eigenvalue weighted by Crippen LogP contribution is -2.25. The Balaban J connectivity index is 1.82. The Morgan fingerprint density at radius 2 is 1.18 bits per heavy atom. The molecule has 0 radical (unpaired) electrons. The van der Waals surface area contributed by atoms with Crippen molar-refractivity contribution in [3.05, 3.63) is 107 Å². The summed E-state index contributed by atoms with van der Waals surface area (Å²) in [5, 5.41) is 5.37. The minimum Gasteiger partial charge on any atom is -0.305 e. The molecule has 2 aliphatic rings. The van der Waals surface area contributed by atoms with Gasteiger partial charge in [-0.15, -0.1) is 0 Å². The van der Waals surface area contributed by atoms with Crippen molar-refractivity contribution in [2.45, 2.75) is 111 Å². The summed E-state index contributed by atoms with van der Waals surface area (Å²) in [5.74, 6) is 0.573. The van der Waals surface area contributed by atoms with Crippen molar-refractivity contribution in [2.75, 3.05) is 5.43 Å². The molecular formula is C41H52N4. The lowest BCUT2D eigenvalue weighted by molar-refractivity contribution is 0.590. The smallest absolute Gasteiger partial charge is 0.119 e. The fraction of sp³-hybridized carbons (Fsp3) is 0.415. The zero-order chi connectivity index (χ0) is 32.5. The summed E-state index contributed by atoms with van der Waals surface area (Å²) in [7, 11) is 0. The van der Waals surface area contributed by atoms with E-state index in [1.807, 2.05) is 0 Å². The van der Waals surface area contributed by atoms with Gasteiger partial charge < -0.3 is 5.43 Å². The minimum absolute atomic E-state index is 0.0769. The van der Waals surface area contributed by atoms with E-state index in [-0.39, 0.29) is 16.7 Å². The first-order valence-electron chi connectivity index (χ1n) is 16.8. The fourth-order valence-corrected chi connectivity index (χ4v) is 6.04. The first kappa shape index (κ1) is 32.5. The topological polar surface area (TPSA) is 42.7 Å². The summed E-state index contributed by atoms with van der Waals surface area (Å²) >= 11 is 0. The van der Waals surface area contributed by atoms with Crippen LogP contribution in [0, 0.1) is 0 Å². The largest absolute Gasteiger partial charge is 0.305 e. The van der Waals surface area contributed by atoms with Gasteiger partial charge in [0.2, 0.25) is 0 Å². The quantitative estimate of drug-likeness (QED) is 0.183. The second kappa shape index (κ2) is 12.8.